The molecule has 0 spiro atoms. The number of nitrogens with one attached hydrogen (secondary N) is 1. The molecule has 1 aromatic heterocycles. The van der Waals surface area contributed by atoms with Crippen LogP contribution in [0, 0.1) is 18.6 Å². The highest BCUT2D eigenvalue weighted by molar-refractivity contribution is 7.09. The van der Waals surface area contributed by atoms with Crippen molar-refractivity contribution < 1.29 is 13.6 Å². The van der Waals surface area contributed by atoms with Crippen LogP contribution in [0.4, 0.5) is 8.78 Å². The lowest BCUT2D eigenvalue weighted by atomic mass is 9.86. The Bertz CT molecular complexity index is 1030. The first-order valence-corrected chi connectivity index (χ1v) is 10.7. The fraction of sp³-hybridized carbons (Fsp3) is 0.333. The maximum Gasteiger partial charge on any atom is 0.271 e. The summed E-state index contributed by atoms with van der Waals surface area (Å²) in [7, 11) is 0. The summed E-state index contributed by atoms with van der Waals surface area (Å²) in [6.45, 7) is 9.59. The minimum absolute atomic E-state index is 0.0306. The monoisotopic (exact) mass is 428 g/mol. The summed E-state index contributed by atoms with van der Waals surface area (Å²) < 4.78 is 27.6. The lowest BCUT2D eigenvalue weighted by Gasteiger charge is -2.19. The normalized spacial score (nSPS) is 12.6. The Morgan fingerprint density at radius 2 is 1.73 bits per heavy atom. The number of benzene rings is 2. The number of carbonyl (C=O) groups excluding carboxylic acids is 1. The third-order valence-corrected chi connectivity index (χ3v) is 5.96. The van der Waals surface area contributed by atoms with Crippen LogP contribution in [-0.4, -0.2) is 10.9 Å². The van der Waals surface area contributed by atoms with Crippen LogP contribution in [0.25, 0.3) is 0 Å². The third kappa shape index (κ3) is 5.11. The molecular formula is C24H26F2N2OS. The predicted molar refractivity (Wildman–Crippen MR) is 117 cm³/mol. The molecule has 0 aliphatic carbocycles. The Labute approximate surface area is 180 Å². The van der Waals surface area contributed by atoms with E-state index >= 15 is 0 Å². The molecule has 0 aliphatic heterocycles. The molecule has 1 atom stereocenters. The first kappa shape index (κ1) is 22.1. The average molecular weight is 429 g/mol. The maximum atomic E-state index is 13.8. The van der Waals surface area contributed by atoms with E-state index in [1.165, 1.54) is 36.0 Å². The van der Waals surface area contributed by atoms with E-state index in [0.29, 0.717) is 17.7 Å². The van der Waals surface area contributed by atoms with Gasteiger partial charge in [-0.05, 0) is 48.1 Å². The van der Waals surface area contributed by atoms with E-state index < -0.39 is 17.7 Å². The molecule has 1 heterocycles. The number of nitrogens with zero attached hydrogens (tertiary/aromatic N) is 1. The van der Waals surface area contributed by atoms with Gasteiger partial charge in [-0.2, -0.15) is 0 Å². The van der Waals surface area contributed by atoms with Gasteiger partial charge in [0.25, 0.3) is 5.91 Å². The van der Waals surface area contributed by atoms with E-state index in [-0.39, 0.29) is 16.9 Å². The molecule has 0 saturated carbocycles. The molecule has 0 aliphatic rings. The summed E-state index contributed by atoms with van der Waals surface area (Å²) in [6, 6.07) is 10.4. The van der Waals surface area contributed by atoms with Crippen molar-refractivity contribution in [1.82, 2.24) is 10.3 Å². The van der Waals surface area contributed by atoms with Gasteiger partial charge >= 0.3 is 0 Å². The van der Waals surface area contributed by atoms with Crippen molar-refractivity contribution in [3.63, 3.8) is 0 Å². The van der Waals surface area contributed by atoms with Crippen molar-refractivity contribution in [2.45, 2.75) is 52.5 Å². The van der Waals surface area contributed by atoms with Gasteiger partial charge in [-0.25, -0.2) is 13.8 Å². The van der Waals surface area contributed by atoms with Gasteiger partial charge in [-0.1, -0.05) is 45.0 Å². The largest absolute Gasteiger partial charge is 0.344 e. The van der Waals surface area contributed by atoms with Crippen LogP contribution in [0.15, 0.2) is 41.8 Å². The van der Waals surface area contributed by atoms with Gasteiger partial charge in [0.1, 0.15) is 17.3 Å². The van der Waals surface area contributed by atoms with E-state index in [1.54, 1.807) is 12.3 Å². The molecule has 158 valence electrons. The number of carbonyl (C=O) groups is 1. The number of thiazole rings is 1. The SMILES string of the molecule is Cc1c(F)cc([C@@H](C)NC(=O)c2csc(Cc3ccc(C(C)(C)C)cc3)n2)cc1F. The zero-order chi connectivity index (χ0) is 22.1. The summed E-state index contributed by atoms with van der Waals surface area (Å²) in [5, 5.41) is 5.30. The van der Waals surface area contributed by atoms with E-state index in [2.05, 4.69) is 55.3 Å². The van der Waals surface area contributed by atoms with E-state index in [1.807, 2.05) is 0 Å². The standard InChI is InChI=1S/C24H26F2N2OS/c1-14-19(25)11-17(12-20(14)26)15(2)27-23(29)21-13-30-22(28-21)10-16-6-8-18(9-7-16)24(3,4)5/h6-9,11-13,15H,10H2,1-5H3,(H,27,29)/t15-/m1/s1. The highest BCUT2D eigenvalue weighted by Gasteiger charge is 2.18. The van der Waals surface area contributed by atoms with Gasteiger partial charge in [-0.15, -0.1) is 11.3 Å². The molecule has 1 amide bonds. The first-order valence-electron chi connectivity index (χ1n) is 9.85. The number of hydrogen-bond donors (Lipinski definition) is 1. The van der Waals surface area contributed by atoms with Crippen molar-refractivity contribution in [3.8, 4) is 0 Å². The van der Waals surface area contributed by atoms with Gasteiger partial charge in [0, 0.05) is 17.4 Å². The molecule has 3 rings (SSSR count). The number of rotatable bonds is 5. The maximum absolute atomic E-state index is 13.8. The Morgan fingerprint density at radius 3 is 2.30 bits per heavy atom. The Hall–Kier alpha value is -2.60. The van der Waals surface area contributed by atoms with Crippen LogP contribution in [0.3, 0.4) is 0 Å². The summed E-state index contributed by atoms with van der Waals surface area (Å²) in [5.74, 6) is -1.62. The summed E-state index contributed by atoms with van der Waals surface area (Å²) >= 11 is 1.42. The van der Waals surface area contributed by atoms with Crippen molar-refractivity contribution in [1.29, 1.82) is 0 Å². The second kappa shape index (κ2) is 8.64. The molecule has 30 heavy (non-hydrogen) atoms. The molecule has 2 aromatic carbocycles. The minimum Gasteiger partial charge on any atom is -0.344 e. The van der Waals surface area contributed by atoms with Gasteiger partial charge in [0.15, 0.2) is 0 Å². The van der Waals surface area contributed by atoms with Crippen LogP contribution in [0.1, 0.15) is 71.5 Å². The number of hydrogen-bond acceptors (Lipinski definition) is 3. The third-order valence-electron chi connectivity index (χ3n) is 5.11. The molecule has 3 aromatic rings. The molecule has 6 heteroatoms. The molecule has 1 N–H and O–H groups in total. The lowest BCUT2D eigenvalue weighted by molar-refractivity contribution is 0.0935. The second-order valence-corrected chi connectivity index (χ2v) is 9.50. The molecule has 0 saturated heterocycles. The first-order chi connectivity index (χ1) is 14.0. The average Bonchev–Trinajstić information content (AvgIpc) is 3.14. The van der Waals surface area contributed by atoms with Crippen LogP contribution in [0.2, 0.25) is 0 Å². The second-order valence-electron chi connectivity index (χ2n) is 8.55. The Morgan fingerprint density at radius 1 is 1.13 bits per heavy atom. The van der Waals surface area contributed by atoms with Gasteiger partial charge in [0.05, 0.1) is 11.0 Å². The topological polar surface area (TPSA) is 42.0 Å². The summed E-state index contributed by atoms with van der Waals surface area (Å²) in [5.41, 5.74) is 3.15. The molecule has 0 bridgehead atoms. The van der Waals surface area contributed by atoms with E-state index in [4.69, 9.17) is 0 Å². The fourth-order valence-electron chi connectivity index (χ4n) is 3.06. The summed E-state index contributed by atoms with van der Waals surface area (Å²) in [6.07, 6.45) is 0.645. The molecule has 0 radical (unpaired) electrons. The van der Waals surface area contributed by atoms with Crippen LogP contribution >= 0.6 is 11.3 Å². The van der Waals surface area contributed by atoms with Crippen molar-refractivity contribution in [2.75, 3.05) is 0 Å². The lowest BCUT2D eigenvalue weighted by Crippen LogP contribution is -2.27. The molecule has 0 fully saturated rings. The van der Waals surface area contributed by atoms with Gasteiger partial charge in [-0.3, -0.25) is 4.79 Å². The Balaban J connectivity index is 1.66. The quantitative estimate of drug-likeness (QED) is 0.533. The predicted octanol–water partition coefficient (Wildman–Crippen LogP) is 6.11. The zero-order valence-electron chi connectivity index (χ0n) is 17.8. The highest BCUT2D eigenvalue weighted by Crippen LogP contribution is 2.24. The van der Waals surface area contributed by atoms with Crippen LogP contribution in [0.5, 0.6) is 0 Å². The smallest absolute Gasteiger partial charge is 0.271 e. The minimum atomic E-state index is -0.625. The van der Waals surface area contributed by atoms with E-state index in [0.717, 1.165) is 10.6 Å². The molecular weight excluding hydrogens is 402 g/mol. The highest BCUT2D eigenvalue weighted by atomic mass is 32.1. The van der Waals surface area contributed by atoms with Crippen LogP contribution < -0.4 is 5.32 Å². The van der Waals surface area contributed by atoms with Gasteiger partial charge < -0.3 is 5.32 Å². The number of aromatic nitrogens is 1. The van der Waals surface area contributed by atoms with E-state index in [9.17, 15) is 13.6 Å². The van der Waals surface area contributed by atoms with Crippen molar-refractivity contribution >= 4 is 17.2 Å². The molecule has 0 unspecified atom stereocenters. The zero-order valence-corrected chi connectivity index (χ0v) is 18.7. The number of amides is 1. The molecule has 3 nitrogen and oxygen atoms in total. The van der Waals surface area contributed by atoms with Crippen molar-refractivity contribution in [3.05, 3.63) is 86.4 Å². The van der Waals surface area contributed by atoms with Gasteiger partial charge in [0.2, 0.25) is 0 Å². The van der Waals surface area contributed by atoms with Crippen LogP contribution in [-0.2, 0) is 11.8 Å². The fourth-order valence-corrected chi connectivity index (χ4v) is 3.87. The Kier molecular flexibility index (Phi) is 6.36. The number of halogens is 2. The van der Waals surface area contributed by atoms with Crippen molar-refractivity contribution in [2.24, 2.45) is 0 Å². The summed E-state index contributed by atoms with van der Waals surface area (Å²) in [4.78, 5) is 17.0.